The molecule has 0 radical (unpaired) electrons. The summed E-state index contributed by atoms with van der Waals surface area (Å²) < 4.78 is 36.3. The SMILES string of the molecule is C#C.CC/C=C(F)\C(F)=C(/C)F. The zero-order chi connectivity index (χ0) is 10.1. The summed E-state index contributed by atoms with van der Waals surface area (Å²) >= 11 is 0. The van der Waals surface area contributed by atoms with Crippen molar-refractivity contribution in [3.05, 3.63) is 23.6 Å². The highest BCUT2D eigenvalue weighted by Gasteiger charge is 2.05. The predicted molar refractivity (Wildman–Crippen MR) is 44.3 cm³/mol. The topological polar surface area (TPSA) is 0 Å². The van der Waals surface area contributed by atoms with E-state index in [0.717, 1.165) is 13.0 Å². The molecule has 0 nitrogen and oxygen atoms in total. The van der Waals surface area contributed by atoms with E-state index in [1.54, 1.807) is 6.92 Å². The summed E-state index contributed by atoms with van der Waals surface area (Å²) in [7, 11) is 0. The van der Waals surface area contributed by atoms with Gasteiger partial charge in [-0.1, -0.05) is 6.92 Å². The number of hydrogen-bond donors (Lipinski definition) is 0. The van der Waals surface area contributed by atoms with E-state index in [4.69, 9.17) is 0 Å². The number of allylic oxidation sites excluding steroid dienone is 4. The molecule has 3 heteroatoms. The van der Waals surface area contributed by atoms with Crippen molar-refractivity contribution in [3.63, 3.8) is 0 Å². The third-order valence-electron chi connectivity index (χ3n) is 0.895. The molecule has 0 heterocycles. The van der Waals surface area contributed by atoms with Gasteiger partial charge in [0.25, 0.3) is 0 Å². The Morgan fingerprint density at radius 3 is 1.92 bits per heavy atom. The van der Waals surface area contributed by atoms with E-state index in [1.807, 2.05) is 0 Å². The van der Waals surface area contributed by atoms with E-state index in [2.05, 4.69) is 12.8 Å². The van der Waals surface area contributed by atoms with Gasteiger partial charge in [0.05, 0.1) is 0 Å². The van der Waals surface area contributed by atoms with Gasteiger partial charge in [0, 0.05) is 0 Å². The molecule has 0 aliphatic rings. The molecule has 0 bridgehead atoms. The second-order valence-corrected chi connectivity index (χ2v) is 1.81. The van der Waals surface area contributed by atoms with Crippen molar-refractivity contribution in [2.75, 3.05) is 0 Å². The summed E-state index contributed by atoms with van der Waals surface area (Å²) in [5, 5.41) is 0. The van der Waals surface area contributed by atoms with Crippen molar-refractivity contribution in [1.82, 2.24) is 0 Å². The molecular weight excluding hydrogens is 165 g/mol. The minimum Gasteiger partial charge on any atom is -0.209 e. The summed E-state index contributed by atoms with van der Waals surface area (Å²) in [6.07, 6.45) is 9.34. The average molecular weight is 176 g/mol. The lowest BCUT2D eigenvalue weighted by molar-refractivity contribution is 0.492. The number of rotatable bonds is 2. The lowest BCUT2D eigenvalue weighted by Gasteiger charge is -1.91. The molecule has 0 saturated carbocycles. The van der Waals surface area contributed by atoms with Gasteiger partial charge in [0.2, 0.25) is 0 Å². The molecule has 0 saturated heterocycles. The Labute approximate surface area is 70.8 Å². The molecule has 12 heavy (non-hydrogen) atoms. The second-order valence-electron chi connectivity index (χ2n) is 1.81. The van der Waals surface area contributed by atoms with Crippen LogP contribution >= 0.6 is 0 Å². The van der Waals surface area contributed by atoms with Gasteiger partial charge in [0.1, 0.15) is 5.83 Å². The van der Waals surface area contributed by atoms with Crippen LogP contribution in [0.2, 0.25) is 0 Å². The molecule has 0 atom stereocenters. The normalized spacial score (nSPS) is 12.8. The maximum absolute atomic E-state index is 12.2. The Kier molecular flexibility index (Phi) is 8.87. The standard InChI is InChI=1S/C7H9F3.C2H2/c1-3-4-6(9)7(10)5(2)8;1-2/h4H,3H2,1-2H3;1-2H/b6-4+,7-5-;. The van der Waals surface area contributed by atoms with Gasteiger partial charge < -0.3 is 0 Å². The maximum atomic E-state index is 12.2. The Hall–Kier alpha value is -1.17. The molecule has 68 valence electrons. The fraction of sp³-hybridized carbons (Fsp3) is 0.333. The molecule has 0 aliphatic carbocycles. The molecule has 0 aromatic carbocycles. The Morgan fingerprint density at radius 1 is 1.25 bits per heavy atom. The molecule has 0 rings (SSSR count). The van der Waals surface area contributed by atoms with Crippen molar-refractivity contribution in [2.24, 2.45) is 0 Å². The Bertz CT molecular complexity index is 195. The van der Waals surface area contributed by atoms with E-state index >= 15 is 0 Å². The minimum atomic E-state index is -1.40. The second kappa shape index (κ2) is 7.93. The largest absolute Gasteiger partial charge is 0.209 e. The van der Waals surface area contributed by atoms with Crippen LogP contribution in [0.15, 0.2) is 23.6 Å². The molecule has 0 aromatic heterocycles. The maximum Gasteiger partial charge on any atom is 0.189 e. The van der Waals surface area contributed by atoms with E-state index < -0.39 is 17.5 Å². The van der Waals surface area contributed by atoms with Crippen molar-refractivity contribution >= 4 is 0 Å². The summed E-state index contributed by atoms with van der Waals surface area (Å²) in [6.45, 7) is 2.51. The fourth-order valence-electron chi connectivity index (χ4n) is 0.433. The highest BCUT2D eigenvalue weighted by molar-refractivity contribution is 5.20. The summed E-state index contributed by atoms with van der Waals surface area (Å²) in [4.78, 5) is 0. The van der Waals surface area contributed by atoms with Crippen LogP contribution in [0.1, 0.15) is 20.3 Å². The predicted octanol–water partition coefficient (Wildman–Crippen LogP) is 3.67. The van der Waals surface area contributed by atoms with Crippen LogP contribution in [-0.4, -0.2) is 0 Å². The van der Waals surface area contributed by atoms with Crippen molar-refractivity contribution in [3.8, 4) is 12.8 Å². The molecule has 0 unspecified atom stereocenters. The fourth-order valence-corrected chi connectivity index (χ4v) is 0.433. The first-order chi connectivity index (χ1) is 5.59. The van der Waals surface area contributed by atoms with E-state index in [1.165, 1.54) is 0 Å². The van der Waals surface area contributed by atoms with Crippen molar-refractivity contribution in [1.29, 1.82) is 0 Å². The van der Waals surface area contributed by atoms with Crippen LogP contribution < -0.4 is 0 Å². The number of halogens is 3. The molecule has 0 fully saturated rings. The number of hydrogen-bond acceptors (Lipinski definition) is 0. The van der Waals surface area contributed by atoms with Crippen LogP contribution in [0.25, 0.3) is 0 Å². The zero-order valence-corrected chi connectivity index (χ0v) is 7.07. The zero-order valence-electron chi connectivity index (χ0n) is 7.07. The lowest BCUT2D eigenvalue weighted by Crippen LogP contribution is -1.77. The van der Waals surface area contributed by atoms with Gasteiger partial charge in [-0.2, -0.15) is 0 Å². The van der Waals surface area contributed by atoms with Gasteiger partial charge in [-0.05, 0) is 19.4 Å². The smallest absolute Gasteiger partial charge is 0.189 e. The van der Waals surface area contributed by atoms with Gasteiger partial charge in [-0.15, -0.1) is 12.8 Å². The highest BCUT2D eigenvalue weighted by atomic mass is 19.2. The highest BCUT2D eigenvalue weighted by Crippen LogP contribution is 2.18. The molecular formula is C9H11F3. The first kappa shape index (κ1) is 13.4. The molecule has 0 aromatic rings. The van der Waals surface area contributed by atoms with Gasteiger partial charge in [-0.25, -0.2) is 13.2 Å². The molecule has 0 spiro atoms. The summed E-state index contributed by atoms with van der Waals surface area (Å²) in [5.74, 6) is -3.65. The van der Waals surface area contributed by atoms with Gasteiger partial charge >= 0.3 is 0 Å². The van der Waals surface area contributed by atoms with Crippen LogP contribution in [-0.2, 0) is 0 Å². The molecule has 0 aliphatic heterocycles. The molecule has 0 N–H and O–H groups in total. The third kappa shape index (κ3) is 5.60. The first-order valence-corrected chi connectivity index (χ1v) is 3.30. The third-order valence-corrected chi connectivity index (χ3v) is 0.895. The van der Waals surface area contributed by atoms with Crippen LogP contribution in [0.5, 0.6) is 0 Å². The van der Waals surface area contributed by atoms with E-state index in [9.17, 15) is 13.2 Å². The number of terminal acetylenes is 1. The van der Waals surface area contributed by atoms with E-state index in [-0.39, 0.29) is 0 Å². The van der Waals surface area contributed by atoms with Gasteiger partial charge in [0.15, 0.2) is 11.7 Å². The Balaban J connectivity index is 0. The minimum absolute atomic E-state index is 0.354. The van der Waals surface area contributed by atoms with Gasteiger partial charge in [-0.3, -0.25) is 0 Å². The van der Waals surface area contributed by atoms with Crippen LogP contribution in [0, 0.1) is 12.8 Å². The first-order valence-electron chi connectivity index (χ1n) is 3.30. The van der Waals surface area contributed by atoms with Crippen molar-refractivity contribution in [2.45, 2.75) is 20.3 Å². The lowest BCUT2D eigenvalue weighted by atomic mass is 10.3. The van der Waals surface area contributed by atoms with Crippen LogP contribution in [0.3, 0.4) is 0 Å². The van der Waals surface area contributed by atoms with E-state index in [0.29, 0.717) is 6.42 Å². The van der Waals surface area contributed by atoms with Crippen molar-refractivity contribution < 1.29 is 13.2 Å². The quantitative estimate of drug-likeness (QED) is 0.444. The monoisotopic (exact) mass is 176 g/mol. The Morgan fingerprint density at radius 2 is 1.67 bits per heavy atom. The summed E-state index contributed by atoms with van der Waals surface area (Å²) in [6, 6.07) is 0. The molecule has 0 amide bonds. The van der Waals surface area contributed by atoms with Crippen LogP contribution in [0.4, 0.5) is 13.2 Å². The average Bonchev–Trinajstić information content (AvgIpc) is 2.07. The summed E-state index contributed by atoms with van der Waals surface area (Å²) in [5.41, 5.74) is 0.